The number of carbonyl (C=O) groups excluding carboxylic acids is 1. The van der Waals surface area contributed by atoms with E-state index in [1.54, 1.807) is 24.4 Å². The lowest BCUT2D eigenvalue weighted by atomic mass is 10.2. The van der Waals surface area contributed by atoms with Crippen molar-refractivity contribution in [3.8, 4) is 11.3 Å². The number of benzene rings is 1. The van der Waals surface area contributed by atoms with E-state index in [2.05, 4.69) is 9.97 Å². The Morgan fingerprint density at radius 1 is 1.26 bits per heavy atom. The van der Waals surface area contributed by atoms with Crippen LogP contribution in [0, 0.1) is 0 Å². The normalized spacial score (nSPS) is 10.7. The second-order valence-electron chi connectivity index (χ2n) is 5.09. The van der Waals surface area contributed by atoms with Crippen LogP contribution in [0.4, 0.5) is 0 Å². The van der Waals surface area contributed by atoms with Crippen molar-refractivity contribution in [1.29, 1.82) is 0 Å². The molecule has 0 spiro atoms. The van der Waals surface area contributed by atoms with Gasteiger partial charge in [0.1, 0.15) is 5.76 Å². The third-order valence-corrected chi connectivity index (χ3v) is 4.24. The van der Waals surface area contributed by atoms with Crippen molar-refractivity contribution in [3.05, 3.63) is 60.7 Å². The minimum absolute atomic E-state index is 0.0315. The first-order valence-corrected chi connectivity index (χ1v) is 8.20. The molecule has 6 heteroatoms. The Balaban J connectivity index is 1.54. The molecule has 2 aromatic heterocycles. The van der Waals surface area contributed by atoms with E-state index in [4.69, 9.17) is 4.42 Å². The minimum Gasteiger partial charge on any atom is -0.467 e. The molecule has 0 radical (unpaired) electrons. The summed E-state index contributed by atoms with van der Waals surface area (Å²) in [5.74, 6) is 1.14. The highest BCUT2D eigenvalue weighted by atomic mass is 32.2. The van der Waals surface area contributed by atoms with Crippen LogP contribution in [0.3, 0.4) is 0 Å². The summed E-state index contributed by atoms with van der Waals surface area (Å²) in [4.78, 5) is 21.3. The van der Waals surface area contributed by atoms with Crippen molar-refractivity contribution in [2.24, 2.45) is 0 Å². The number of nitrogens with zero attached hydrogens (tertiary/aromatic N) is 2. The van der Waals surface area contributed by atoms with E-state index in [0.29, 0.717) is 12.3 Å². The smallest absolute Gasteiger partial charge is 0.233 e. The lowest BCUT2D eigenvalue weighted by Gasteiger charge is -2.14. The van der Waals surface area contributed by atoms with Gasteiger partial charge in [0.15, 0.2) is 5.16 Å². The molecule has 0 saturated heterocycles. The first kappa shape index (κ1) is 15.4. The van der Waals surface area contributed by atoms with Gasteiger partial charge in [-0.2, -0.15) is 0 Å². The van der Waals surface area contributed by atoms with E-state index in [1.165, 1.54) is 11.8 Å². The van der Waals surface area contributed by atoms with Crippen LogP contribution in [0.15, 0.2) is 64.5 Å². The molecule has 5 nitrogen and oxygen atoms in total. The number of hydrogen-bond donors (Lipinski definition) is 1. The number of imidazole rings is 1. The van der Waals surface area contributed by atoms with E-state index in [9.17, 15) is 4.79 Å². The molecule has 23 heavy (non-hydrogen) atoms. The van der Waals surface area contributed by atoms with Crippen LogP contribution < -0.4 is 0 Å². The molecule has 0 bridgehead atoms. The van der Waals surface area contributed by atoms with Gasteiger partial charge in [-0.25, -0.2) is 4.98 Å². The van der Waals surface area contributed by atoms with E-state index >= 15 is 0 Å². The summed E-state index contributed by atoms with van der Waals surface area (Å²) in [6.07, 6.45) is 3.39. The molecule has 0 unspecified atom stereocenters. The first-order valence-electron chi connectivity index (χ1n) is 7.22. The van der Waals surface area contributed by atoms with Crippen molar-refractivity contribution in [3.63, 3.8) is 0 Å². The summed E-state index contributed by atoms with van der Waals surface area (Å²) in [6.45, 7) is 0.472. The Morgan fingerprint density at radius 2 is 2.09 bits per heavy atom. The monoisotopic (exact) mass is 327 g/mol. The topological polar surface area (TPSA) is 62.1 Å². The number of aromatic amines is 1. The molecular formula is C17H17N3O2S. The average molecular weight is 327 g/mol. The number of H-pyrrole nitrogens is 1. The summed E-state index contributed by atoms with van der Waals surface area (Å²) in [7, 11) is 1.77. The van der Waals surface area contributed by atoms with Crippen molar-refractivity contribution in [2.45, 2.75) is 11.7 Å². The number of furan rings is 1. The van der Waals surface area contributed by atoms with Crippen molar-refractivity contribution >= 4 is 17.7 Å². The molecule has 0 aliphatic carbocycles. The van der Waals surface area contributed by atoms with Crippen molar-refractivity contribution in [2.75, 3.05) is 12.8 Å². The number of amides is 1. The van der Waals surface area contributed by atoms with Gasteiger partial charge >= 0.3 is 0 Å². The van der Waals surface area contributed by atoms with Crippen LogP contribution in [-0.4, -0.2) is 33.6 Å². The van der Waals surface area contributed by atoms with Gasteiger partial charge in [-0.05, 0) is 17.7 Å². The SMILES string of the molecule is CN(Cc1ccco1)C(=O)CSc1ncc(-c2ccccc2)[nH]1. The summed E-state index contributed by atoms with van der Waals surface area (Å²) in [5, 5.41) is 0.739. The van der Waals surface area contributed by atoms with Crippen molar-refractivity contribution < 1.29 is 9.21 Å². The average Bonchev–Trinajstić information content (AvgIpc) is 3.25. The maximum absolute atomic E-state index is 12.1. The standard InChI is InChI=1S/C17H17N3O2S/c1-20(11-14-8-5-9-22-14)16(21)12-23-17-18-10-15(19-17)13-6-3-2-4-7-13/h2-10H,11-12H2,1H3,(H,18,19). The largest absolute Gasteiger partial charge is 0.467 e. The molecular weight excluding hydrogens is 310 g/mol. The molecule has 118 valence electrons. The van der Waals surface area contributed by atoms with Gasteiger partial charge in [0.05, 0.1) is 30.5 Å². The molecule has 1 N–H and O–H groups in total. The zero-order valence-electron chi connectivity index (χ0n) is 12.7. The van der Waals surface area contributed by atoms with Crippen LogP contribution in [0.25, 0.3) is 11.3 Å². The lowest BCUT2D eigenvalue weighted by Crippen LogP contribution is -2.27. The van der Waals surface area contributed by atoms with Crippen LogP contribution in [0.1, 0.15) is 5.76 Å². The molecule has 3 aromatic rings. The minimum atomic E-state index is 0.0315. The third kappa shape index (κ3) is 4.04. The van der Waals surface area contributed by atoms with Gasteiger partial charge < -0.3 is 14.3 Å². The van der Waals surface area contributed by atoms with Crippen LogP contribution in [0.2, 0.25) is 0 Å². The van der Waals surface area contributed by atoms with E-state index in [-0.39, 0.29) is 5.91 Å². The summed E-state index contributed by atoms with van der Waals surface area (Å²) in [5.41, 5.74) is 2.03. The van der Waals surface area contributed by atoms with Gasteiger partial charge in [0.2, 0.25) is 5.91 Å². The molecule has 0 aliphatic heterocycles. The molecule has 0 saturated carbocycles. The highest BCUT2D eigenvalue weighted by Gasteiger charge is 2.12. The van der Waals surface area contributed by atoms with Gasteiger partial charge in [-0.1, -0.05) is 42.1 Å². The number of nitrogens with one attached hydrogen (secondary N) is 1. The third-order valence-electron chi connectivity index (χ3n) is 3.37. The van der Waals surface area contributed by atoms with Gasteiger partial charge in [0, 0.05) is 7.05 Å². The maximum Gasteiger partial charge on any atom is 0.233 e. The molecule has 2 heterocycles. The first-order chi connectivity index (χ1) is 11.2. The maximum atomic E-state index is 12.1. The number of carbonyl (C=O) groups is 1. The fourth-order valence-electron chi connectivity index (χ4n) is 2.11. The van der Waals surface area contributed by atoms with E-state index in [1.807, 2.05) is 42.5 Å². The molecule has 0 atom stereocenters. The summed E-state index contributed by atoms with van der Waals surface area (Å²) < 4.78 is 5.25. The Bertz CT molecular complexity index is 753. The van der Waals surface area contributed by atoms with Crippen LogP contribution in [0.5, 0.6) is 0 Å². The van der Waals surface area contributed by atoms with Gasteiger partial charge in [-0.15, -0.1) is 0 Å². The zero-order chi connectivity index (χ0) is 16.1. The Hall–Kier alpha value is -2.47. The lowest BCUT2D eigenvalue weighted by molar-refractivity contribution is -0.127. The van der Waals surface area contributed by atoms with Crippen molar-refractivity contribution in [1.82, 2.24) is 14.9 Å². The number of rotatable bonds is 6. The molecule has 1 aromatic carbocycles. The number of hydrogen-bond acceptors (Lipinski definition) is 4. The Labute approximate surface area is 138 Å². The Morgan fingerprint density at radius 3 is 2.83 bits per heavy atom. The van der Waals surface area contributed by atoms with Gasteiger partial charge in [-0.3, -0.25) is 4.79 Å². The fourth-order valence-corrected chi connectivity index (χ4v) is 2.90. The van der Waals surface area contributed by atoms with Gasteiger partial charge in [0.25, 0.3) is 0 Å². The molecule has 3 rings (SSSR count). The molecule has 0 fully saturated rings. The Kier molecular flexibility index (Phi) is 4.83. The second-order valence-corrected chi connectivity index (χ2v) is 6.05. The number of thioether (sulfide) groups is 1. The van der Waals surface area contributed by atoms with Crippen LogP contribution in [-0.2, 0) is 11.3 Å². The highest BCUT2D eigenvalue weighted by molar-refractivity contribution is 7.99. The quantitative estimate of drug-likeness (QED) is 0.705. The summed E-state index contributed by atoms with van der Waals surface area (Å²) >= 11 is 1.40. The molecule has 0 aliphatic rings. The predicted molar refractivity (Wildman–Crippen MR) is 89.9 cm³/mol. The predicted octanol–water partition coefficient (Wildman–Crippen LogP) is 3.42. The zero-order valence-corrected chi connectivity index (χ0v) is 13.5. The highest BCUT2D eigenvalue weighted by Crippen LogP contribution is 2.21. The number of aromatic nitrogens is 2. The van der Waals surface area contributed by atoms with Crippen LogP contribution >= 0.6 is 11.8 Å². The second kappa shape index (κ2) is 7.19. The van der Waals surface area contributed by atoms with E-state index < -0.39 is 0 Å². The fraction of sp³-hybridized carbons (Fsp3) is 0.176. The molecule has 1 amide bonds. The van der Waals surface area contributed by atoms with E-state index in [0.717, 1.165) is 22.2 Å². The summed E-state index contributed by atoms with van der Waals surface area (Å²) in [6, 6.07) is 13.6.